The Bertz CT molecular complexity index is 1000. The number of benzene rings is 1. The molecule has 0 atom stereocenters. The lowest BCUT2D eigenvalue weighted by atomic mass is 9.96. The second kappa shape index (κ2) is 6.40. The van der Waals surface area contributed by atoms with Crippen molar-refractivity contribution >= 4 is 16.9 Å². The molecule has 1 aliphatic rings. The van der Waals surface area contributed by atoms with Crippen LogP contribution in [0.4, 0.5) is 13.2 Å². The minimum atomic E-state index is -4.56. The molecule has 0 bridgehead atoms. The zero-order chi connectivity index (χ0) is 19.2. The van der Waals surface area contributed by atoms with Gasteiger partial charge in [0, 0.05) is 18.3 Å². The lowest BCUT2D eigenvalue weighted by Gasteiger charge is -2.18. The number of hydrogen-bond donors (Lipinski definition) is 2. The van der Waals surface area contributed by atoms with Crippen molar-refractivity contribution in [2.45, 2.75) is 38.4 Å². The highest BCUT2D eigenvalue weighted by Crippen LogP contribution is 2.29. The van der Waals surface area contributed by atoms with Crippen LogP contribution in [-0.4, -0.2) is 38.0 Å². The molecule has 0 fully saturated rings. The fraction of sp³-hybridized carbons (Fsp3) is 0.389. The molecule has 0 aliphatic heterocycles. The molecule has 2 heterocycles. The summed E-state index contributed by atoms with van der Waals surface area (Å²) in [6.07, 6.45) is -0.399. The third-order valence-corrected chi connectivity index (χ3v) is 4.87. The summed E-state index contributed by atoms with van der Waals surface area (Å²) >= 11 is 0. The minimum Gasteiger partial charge on any atom is -0.336 e. The van der Waals surface area contributed by atoms with Gasteiger partial charge < -0.3 is 9.88 Å². The van der Waals surface area contributed by atoms with E-state index in [1.165, 1.54) is 28.7 Å². The van der Waals surface area contributed by atoms with Crippen molar-refractivity contribution in [2.24, 2.45) is 0 Å². The van der Waals surface area contributed by atoms with Gasteiger partial charge in [-0.25, -0.2) is 4.98 Å². The highest BCUT2D eigenvalue weighted by Gasteiger charge is 2.34. The Hall–Kier alpha value is -2.84. The van der Waals surface area contributed by atoms with Crippen LogP contribution in [0.5, 0.6) is 0 Å². The third-order valence-electron chi connectivity index (χ3n) is 4.87. The van der Waals surface area contributed by atoms with Gasteiger partial charge in [0.15, 0.2) is 0 Å². The molecule has 4 rings (SSSR count). The number of aromatic nitrogens is 4. The molecule has 0 saturated carbocycles. The van der Waals surface area contributed by atoms with Crippen LogP contribution in [0.25, 0.3) is 11.0 Å². The van der Waals surface area contributed by atoms with Crippen LogP contribution >= 0.6 is 0 Å². The highest BCUT2D eigenvalue weighted by molar-refractivity contribution is 5.97. The van der Waals surface area contributed by atoms with E-state index in [2.05, 4.69) is 20.2 Å². The summed E-state index contributed by atoms with van der Waals surface area (Å²) < 4.78 is 38.4. The van der Waals surface area contributed by atoms with Crippen LogP contribution in [0.15, 0.2) is 18.2 Å². The molecule has 27 heavy (non-hydrogen) atoms. The van der Waals surface area contributed by atoms with Crippen LogP contribution in [0.2, 0.25) is 0 Å². The maximum absolute atomic E-state index is 12.8. The number of halogens is 3. The van der Waals surface area contributed by atoms with Gasteiger partial charge in [0.1, 0.15) is 0 Å². The Morgan fingerprint density at radius 3 is 2.81 bits per heavy atom. The molecule has 1 aliphatic carbocycles. The Morgan fingerprint density at radius 2 is 2.04 bits per heavy atom. The van der Waals surface area contributed by atoms with E-state index in [4.69, 9.17) is 0 Å². The van der Waals surface area contributed by atoms with Gasteiger partial charge in [-0.2, -0.15) is 18.3 Å². The predicted octanol–water partition coefficient (Wildman–Crippen LogP) is 3.46. The normalized spacial score (nSPS) is 14.4. The van der Waals surface area contributed by atoms with Crippen molar-refractivity contribution in [3.05, 3.63) is 46.5 Å². The van der Waals surface area contributed by atoms with E-state index in [1.807, 2.05) is 0 Å². The maximum Gasteiger partial charge on any atom is 0.449 e. The second-order valence-electron chi connectivity index (χ2n) is 6.81. The van der Waals surface area contributed by atoms with E-state index in [0.29, 0.717) is 12.1 Å². The number of hydrogen-bond acceptors (Lipinski definition) is 3. The molecule has 142 valence electrons. The first-order valence-corrected chi connectivity index (χ1v) is 8.70. The summed E-state index contributed by atoms with van der Waals surface area (Å²) in [7, 11) is 1.66. The fourth-order valence-corrected chi connectivity index (χ4v) is 3.47. The first kappa shape index (κ1) is 17.6. The van der Waals surface area contributed by atoms with E-state index < -0.39 is 12.0 Å². The molecular weight excluding hydrogens is 359 g/mol. The first-order valence-electron chi connectivity index (χ1n) is 8.70. The first-order chi connectivity index (χ1) is 12.8. The number of H-pyrrole nitrogens is 2. The number of alkyl halides is 3. The van der Waals surface area contributed by atoms with Crippen LogP contribution < -0.4 is 0 Å². The number of rotatable bonds is 3. The monoisotopic (exact) mass is 377 g/mol. The van der Waals surface area contributed by atoms with Crippen molar-refractivity contribution in [1.82, 2.24) is 25.1 Å². The van der Waals surface area contributed by atoms with Crippen LogP contribution in [0.3, 0.4) is 0 Å². The molecule has 0 unspecified atom stereocenters. The van der Waals surface area contributed by atoms with Crippen LogP contribution in [0, 0.1) is 0 Å². The summed E-state index contributed by atoms with van der Waals surface area (Å²) in [6, 6.07) is 4.30. The molecule has 0 saturated heterocycles. The molecule has 1 amide bonds. The molecule has 9 heteroatoms. The summed E-state index contributed by atoms with van der Waals surface area (Å²) in [5, 5.41) is 7.38. The number of carbonyl (C=O) groups is 1. The van der Waals surface area contributed by atoms with Gasteiger partial charge in [-0.1, -0.05) is 0 Å². The zero-order valence-electron chi connectivity index (χ0n) is 14.7. The summed E-state index contributed by atoms with van der Waals surface area (Å²) in [4.78, 5) is 20.0. The van der Waals surface area contributed by atoms with Gasteiger partial charge in [-0.3, -0.25) is 9.89 Å². The number of carbonyl (C=O) groups excluding carboxylic acids is 1. The predicted molar refractivity (Wildman–Crippen MR) is 92.1 cm³/mol. The fourth-order valence-electron chi connectivity index (χ4n) is 3.47. The van der Waals surface area contributed by atoms with Crippen LogP contribution in [0.1, 0.15) is 46.0 Å². The molecule has 3 aromatic rings. The van der Waals surface area contributed by atoms with E-state index in [-0.39, 0.29) is 16.9 Å². The standard InChI is InChI=1S/C18H18F3N5O/c1-26(9-15-11-4-2-3-5-12(11)24-25-15)16(27)10-6-7-13-14(8-10)23-17(22-13)18(19,20)21/h6-8H,2-5,9H2,1H3,(H,22,23)(H,24,25). The molecular formula is C18H18F3N5O. The quantitative estimate of drug-likeness (QED) is 0.734. The number of nitrogens with one attached hydrogen (secondary N) is 2. The molecule has 1 aromatic carbocycles. The Balaban J connectivity index is 1.55. The smallest absolute Gasteiger partial charge is 0.336 e. The lowest BCUT2D eigenvalue weighted by Crippen LogP contribution is -2.27. The second-order valence-corrected chi connectivity index (χ2v) is 6.81. The van der Waals surface area contributed by atoms with E-state index in [0.717, 1.165) is 37.1 Å². The lowest BCUT2D eigenvalue weighted by molar-refractivity contribution is -0.144. The van der Waals surface area contributed by atoms with Crippen molar-refractivity contribution in [3.63, 3.8) is 0 Å². The summed E-state index contributed by atoms with van der Waals surface area (Å²) in [5.74, 6) is -1.36. The topological polar surface area (TPSA) is 77.7 Å². The van der Waals surface area contributed by atoms with Gasteiger partial charge in [-0.15, -0.1) is 0 Å². The van der Waals surface area contributed by atoms with Crippen molar-refractivity contribution in [1.29, 1.82) is 0 Å². The highest BCUT2D eigenvalue weighted by atomic mass is 19.4. The minimum absolute atomic E-state index is 0.169. The van der Waals surface area contributed by atoms with Crippen molar-refractivity contribution in [3.8, 4) is 0 Å². The van der Waals surface area contributed by atoms with E-state index in [9.17, 15) is 18.0 Å². The average Bonchev–Trinajstić information content (AvgIpc) is 3.24. The SMILES string of the molecule is CN(Cc1n[nH]c2c1CCCC2)C(=O)c1ccc2nc(C(F)(F)F)[nH]c2c1. The van der Waals surface area contributed by atoms with E-state index in [1.54, 1.807) is 7.05 Å². The molecule has 6 nitrogen and oxygen atoms in total. The number of aromatic amines is 2. The van der Waals surface area contributed by atoms with Gasteiger partial charge in [-0.05, 0) is 49.4 Å². The molecule has 0 spiro atoms. The Labute approximate surface area is 152 Å². The van der Waals surface area contributed by atoms with E-state index >= 15 is 0 Å². The van der Waals surface area contributed by atoms with Gasteiger partial charge in [0.2, 0.25) is 5.82 Å². The summed E-state index contributed by atoms with van der Waals surface area (Å²) in [5.41, 5.74) is 3.81. The molecule has 2 N–H and O–H groups in total. The number of fused-ring (bicyclic) bond motifs is 2. The van der Waals surface area contributed by atoms with Crippen LogP contribution in [-0.2, 0) is 25.6 Å². The third kappa shape index (κ3) is 3.29. The Kier molecular flexibility index (Phi) is 4.16. The maximum atomic E-state index is 12.8. The summed E-state index contributed by atoms with van der Waals surface area (Å²) in [6.45, 7) is 0.347. The number of imidazole rings is 1. The zero-order valence-corrected chi connectivity index (χ0v) is 14.7. The van der Waals surface area contributed by atoms with Gasteiger partial charge >= 0.3 is 6.18 Å². The molecule has 0 radical (unpaired) electrons. The van der Waals surface area contributed by atoms with Gasteiger partial charge in [0.05, 0.1) is 23.3 Å². The average molecular weight is 377 g/mol. The molecule has 2 aromatic heterocycles. The van der Waals surface area contributed by atoms with Crippen molar-refractivity contribution < 1.29 is 18.0 Å². The van der Waals surface area contributed by atoms with Gasteiger partial charge in [0.25, 0.3) is 5.91 Å². The number of aryl methyl sites for hydroxylation is 1. The largest absolute Gasteiger partial charge is 0.449 e. The van der Waals surface area contributed by atoms with Crippen molar-refractivity contribution in [2.75, 3.05) is 7.05 Å². The Morgan fingerprint density at radius 1 is 1.26 bits per heavy atom. The number of nitrogens with zero attached hydrogens (tertiary/aromatic N) is 3. The number of amides is 1.